The van der Waals surface area contributed by atoms with E-state index in [-0.39, 0.29) is 0 Å². The predicted octanol–water partition coefficient (Wildman–Crippen LogP) is 4.35. The average molecular weight is 270 g/mol. The summed E-state index contributed by atoms with van der Waals surface area (Å²) < 4.78 is 5.12. The van der Waals surface area contributed by atoms with Gasteiger partial charge in [-0.25, -0.2) is 4.79 Å². The molecule has 0 radical (unpaired) electrons. The van der Waals surface area contributed by atoms with Gasteiger partial charge in [0, 0.05) is 18.9 Å². The second kappa shape index (κ2) is 11.0. The summed E-state index contributed by atoms with van der Waals surface area (Å²) in [6, 6.07) is 0. The van der Waals surface area contributed by atoms with Gasteiger partial charge in [0.15, 0.2) is 0 Å². The molecule has 0 bridgehead atoms. The van der Waals surface area contributed by atoms with E-state index >= 15 is 0 Å². The van der Waals surface area contributed by atoms with Crippen LogP contribution in [0.4, 0.5) is 0 Å². The molecule has 0 aromatic rings. The van der Waals surface area contributed by atoms with E-state index in [9.17, 15) is 9.90 Å². The van der Waals surface area contributed by atoms with E-state index in [2.05, 4.69) is 20.4 Å². The van der Waals surface area contributed by atoms with Gasteiger partial charge < -0.3 is 9.84 Å². The van der Waals surface area contributed by atoms with Gasteiger partial charge in [-0.05, 0) is 12.8 Å². The molecule has 0 spiro atoms. The molecule has 0 aliphatic carbocycles. The molecule has 0 amide bonds. The Morgan fingerprint density at radius 2 is 1.58 bits per heavy atom. The summed E-state index contributed by atoms with van der Waals surface area (Å²) in [4.78, 5) is 11.3. The first kappa shape index (κ1) is 18.2. The Labute approximate surface area is 118 Å². The molecule has 0 aliphatic rings. The van der Waals surface area contributed by atoms with Gasteiger partial charge in [0.25, 0.3) is 0 Å². The van der Waals surface area contributed by atoms with Crippen molar-refractivity contribution in [3.63, 3.8) is 0 Å². The van der Waals surface area contributed by atoms with Crippen LogP contribution in [-0.4, -0.2) is 16.9 Å². The normalized spacial score (nSPS) is 13.8. The Bertz CT molecular complexity index is 250. The predicted molar refractivity (Wildman–Crippen MR) is 78.8 cm³/mol. The van der Waals surface area contributed by atoms with Crippen molar-refractivity contribution in [2.75, 3.05) is 0 Å². The molecule has 0 aromatic heterocycles. The standard InChI is InChI=1S/C16H30O3/c1-4-7-9-10-11-12-14-16(18,13-8-5-2)19-15(17)6-3/h6,18H,3-5,7-14H2,1-2H3. The zero-order valence-corrected chi connectivity index (χ0v) is 12.6. The van der Waals surface area contributed by atoms with Crippen molar-refractivity contribution >= 4 is 5.97 Å². The fraction of sp³-hybridized carbons (Fsp3) is 0.812. The Balaban J connectivity index is 4.03. The van der Waals surface area contributed by atoms with Crippen molar-refractivity contribution in [2.24, 2.45) is 0 Å². The molecule has 0 fully saturated rings. The van der Waals surface area contributed by atoms with Crippen LogP contribution in [0.1, 0.15) is 78.1 Å². The number of hydrogen-bond acceptors (Lipinski definition) is 3. The summed E-state index contributed by atoms with van der Waals surface area (Å²) in [7, 11) is 0. The maximum Gasteiger partial charge on any atom is 0.332 e. The van der Waals surface area contributed by atoms with Crippen LogP contribution in [0, 0.1) is 0 Å². The molecule has 19 heavy (non-hydrogen) atoms. The fourth-order valence-electron chi connectivity index (χ4n) is 2.09. The lowest BCUT2D eigenvalue weighted by Crippen LogP contribution is -2.34. The maximum absolute atomic E-state index is 11.3. The van der Waals surface area contributed by atoms with Crippen molar-refractivity contribution in [3.05, 3.63) is 12.7 Å². The van der Waals surface area contributed by atoms with Gasteiger partial charge in [-0.1, -0.05) is 59.0 Å². The van der Waals surface area contributed by atoms with E-state index in [1.807, 2.05) is 0 Å². The van der Waals surface area contributed by atoms with E-state index in [1.54, 1.807) is 0 Å². The van der Waals surface area contributed by atoms with E-state index in [4.69, 9.17) is 4.74 Å². The van der Waals surface area contributed by atoms with Gasteiger partial charge in [0.05, 0.1) is 0 Å². The number of ether oxygens (including phenoxy) is 1. The maximum atomic E-state index is 11.3. The summed E-state index contributed by atoms with van der Waals surface area (Å²) in [6.45, 7) is 7.62. The Morgan fingerprint density at radius 1 is 1.05 bits per heavy atom. The SMILES string of the molecule is C=CC(=O)OC(O)(CCCC)CCCCCCCC. The number of aliphatic hydroxyl groups is 1. The first-order valence-corrected chi connectivity index (χ1v) is 7.65. The van der Waals surface area contributed by atoms with Crippen LogP contribution in [0.25, 0.3) is 0 Å². The molecule has 1 unspecified atom stereocenters. The molecule has 112 valence electrons. The number of rotatable bonds is 12. The van der Waals surface area contributed by atoms with Crippen LogP contribution in [0.15, 0.2) is 12.7 Å². The summed E-state index contributed by atoms with van der Waals surface area (Å²) in [5.41, 5.74) is 0. The fourth-order valence-corrected chi connectivity index (χ4v) is 2.09. The Hall–Kier alpha value is -0.830. The molecule has 0 saturated carbocycles. The van der Waals surface area contributed by atoms with Gasteiger partial charge >= 0.3 is 5.97 Å². The van der Waals surface area contributed by atoms with E-state index in [0.29, 0.717) is 12.8 Å². The highest BCUT2D eigenvalue weighted by atomic mass is 16.7. The molecular weight excluding hydrogens is 240 g/mol. The van der Waals surface area contributed by atoms with Crippen molar-refractivity contribution in [1.82, 2.24) is 0 Å². The minimum atomic E-state index is -1.30. The molecule has 0 saturated heterocycles. The van der Waals surface area contributed by atoms with Gasteiger partial charge in [-0.2, -0.15) is 0 Å². The molecule has 0 aliphatic heterocycles. The molecule has 0 aromatic carbocycles. The summed E-state index contributed by atoms with van der Waals surface area (Å²) in [5, 5.41) is 10.4. The summed E-state index contributed by atoms with van der Waals surface area (Å²) in [6.07, 6.45) is 10.9. The Kier molecular flexibility index (Phi) is 10.6. The lowest BCUT2D eigenvalue weighted by molar-refractivity contribution is -0.210. The number of carbonyl (C=O) groups is 1. The quantitative estimate of drug-likeness (QED) is 0.248. The van der Waals surface area contributed by atoms with Gasteiger partial charge in [0.2, 0.25) is 5.79 Å². The highest BCUT2D eigenvalue weighted by molar-refractivity contribution is 5.81. The van der Waals surface area contributed by atoms with Gasteiger partial charge in [-0.3, -0.25) is 0 Å². The first-order chi connectivity index (χ1) is 9.08. The van der Waals surface area contributed by atoms with Crippen molar-refractivity contribution < 1.29 is 14.6 Å². The van der Waals surface area contributed by atoms with E-state index < -0.39 is 11.8 Å². The van der Waals surface area contributed by atoms with E-state index in [1.165, 1.54) is 25.7 Å². The largest absolute Gasteiger partial charge is 0.430 e. The summed E-state index contributed by atoms with van der Waals surface area (Å²) >= 11 is 0. The smallest absolute Gasteiger partial charge is 0.332 e. The lowest BCUT2D eigenvalue weighted by Gasteiger charge is -2.27. The van der Waals surface area contributed by atoms with E-state index in [0.717, 1.165) is 31.8 Å². The van der Waals surface area contributed by atoms with Crippen molar-refractivity contribution in [2.45, 2.75) is 83.8 Å². The van der Waals surface area contributed by atoms with Crippen LogP contribution in [0.3, 0.4) is 0 Å². The minimum absolute atomic E-state index is 0.512. The van der Waals surface area contributed by atoms with Crippen LogP contribution in [-0.2, 0) is 9.53 Å². The number of esters is 1. The number of carbonyl (C=O) groups excluding carboxylic acids is 1. The highest BCUT2D eigenvalue weighted by Crippen LogP contribution is 2.24. The van der Waals surface area contributed by atoms with Crippen LogP contribution < -0.4 is 0 Å². The summed E-state index contributed by atoms with van der Waals surface area (Å²) in [5.74, 6) is -1.84. The zero-order chi connectivity index (χ0) is 14.6. The van der Waals surface area contributed by atoms with Crippen LogP contribution in [0.5, 0.6) is 0 Å². The Morgan fingerprint density at radius 3 is 2.16 bits per heavy atom. The first-order valence-electron chi connectivity index (χ1n) is 7.65. The third-order valence-electron chi connectivity index (χ3n) is 3.30. The third-order valence-corrected chi connectivity index (χ3v) is 3.30. The monoisotopic (exact) mass is 270 g/mol. The second-order valence-corrected chi connectivity index (χ2v) is 5.19. The lowest BCUT2D eigenvalue weighted by atomic mass is 10.0. The van der Waals surface area contributed by atoms with Crippen LogP contribution >= 0.6 is 0 Å². The minimum Gasteiger partial charge on any atom is -0.430 e. The molecule has 1 atom stereocenters. The molecule has 0 rings (SSSR count). The van der Waals surface area contributed by atoms with Crippen molar-refractivity contribution in [3.8, 4) is 0 Å². The number of hydrogen-bond donors (Lipinski definition) is 1. The molecule has 3 heteroatoms. The molecule has 3 nitrogen and oxygen atoms in total. The molecule has 1 N–H and O–H groups in total. The highest BCUT2D eigenvalue weighted by Gasteiger charge is 2.29. The number of unbranched alkanes of at least 4 members (excludes halogenated alkanes) is 6. The molecule has 0 heterocycles. The van der Waals surface area contributed by atoms with Gasteiger partial charge in [0.1, 0.15) is 0 Å². The van der Waals surface area contributed by atoms with Gasteiger partial charge in [-0.15, -0.1) is 0 Å². The second-order valence-electron chi connectivity index (χ2n) is 5.19. The topological polar surface area (TPSA) is 46.5 Å². The average Bonchev–Trinajstić information content (AvgIpc) is 2.40. The zero-order valence-electron chi connectivity index (χ0n) is 12.6. The third kappa shape index (κ3) is 9.71. The molecular formula is C16H30O3. The van der Waals surface area contributed by atoms with Crippen molar-refractivity contribution in [1.29, 1.82) is 0 Å². The van der Waals surface area contributed by atoms with Crippen LogP contribution in [0.2, 0.25) is 0 Å².